The smallest absolute Gasteiger partial charge is 0.360 e. The van der Waals surface area contributed by atoms with Crippen LogP contribution in [0.15, 0.2) is 53.7 Å². The molecule has 0 heterocycles. The third-order valence-electron chi connectivity index (χ3n) is 3.31. The number of nitrogens with zero attached hydrogens (tertiary/aromatic N) is 1. The summed E-state index contributed by atoms with van der Waals surface area (Å²) in [6.45, 7) is 2.29. The fourth-order valence-corrected chi connectivity index (χ4v) is 2.14. The number of carbonyl (C=O) groups excluding carboxylic acids is 1. The van der Waals surface area contributed by atoms with E-state index < -0.39 is 5.97 Å². The number of carbonyl (C=O) groups is 1. The molecule has 0 bridgehead atoms. The quantitative estimate of drug-likeness (QED) is 0.336. The van der Waals surface area contributed by atoms with Crippen LogP contribution in [0.2, 0.25) is 0 Å². The molecule has 0 unspecified atom stereocenters. The standard InChI is InChI=1S/C18H19NO4.Cu/c1-13-8-4-7-11-16(13)23-12-14-9-5-6-10-15(14)17(19-22-3)18(20)21-2;/h4-11H,12H2,1-3H3;/b19-17+;. The second-order valence-electron chi connectivity index (χ2n) is 4.83. The average molecular weight is 377 g/mol. The summed E-state index contributed by atoms with van der Waals surface area (Å²) in [6, 6.07) is 15.1. The molecule has 1 radical (unpaired) electrons. The zero-order valence-corrected chi connectivity index (χ0v) is 14.6. The molecule has 6 heteroatoms. The van der Waals surface area contributed by atoms with Gasteiger partial charge in [0.05, 0.1) is 7.11 Å². The van der Waals surface area contributed by atoms with E-state index in [1.54, 1.807) is 6.07 Å². The summed E-state index contributed by atoms with van der Waals surface area (Å²) in [7, 11) is 2.69. The van der Waals surface area contributed by atoms with Gasteiger partial charge < -0.3 is 14.3 Å². The molecule has 0 N–H and O–H groups in total. The van der Waals surface area contributed by atoms with Crippen LogP contribution in [0.25, 0.3) is 0 Å². The van der Waals surface area contributed by atoms with E-state index in [4.69, 9.17) is 14.3 Å². The molecule has 0 saturated heterocycles. The number of ether oxygens (including phenoxy) is 2. The molecule has 0 amide bonds. The number of rotatable bonds is 6. The van der Waals surface area contributed by atoms with Gasteiger partial charge in [0, 0.05) is 22.6 Å². The van der Waals surface area contributed by atoms with Gasteiger partial charge in [-0.05, 0) is 24.1 Å². The predicted molar refractivity (Wildman–Crippen MR) is 87.5 cm³/mol. The fraction of sp³-hybridized carbons (Fsp3) is 0.222. The summed E-state index contributed by atoms with van der Waals surface area (Å²) in [6.07, 6.45) is 0. The summed E-state index contributed by atoms with van der Waals surface area (Å²) >= 11 is 0. The van der Waals surface area contributed by atoms with Crippen LogP contribution >= 0.6 is 0 Å². The van der Waals surface area contributed by atoms with Gasteiger partial charge in [0.25, 0.3) is 0 Å². The molecular formula is C18H19CuNO4. The number of methoxy groups -OCH3 is 1. The van der Waals surface area contributed by atoms with Crippen LogP contribution in [0.3, 0.4) is 0 Å². The topological polar surface area (TPSA) is 57.1 Å². The second-order valence-corrected chi connectivity index (χ2v) is 4.83. The molecule has 2 aromatic carbocycles. The molecule has 24 heavy (non-hydrogen) atoms. The number of benzene rings is 2. The maximum absolute atomic E-state index is 11.9. The fourth-order valence-electron chi connectivity index (χ4n) is 2.14. The molecule has 0 atom stereocenters. The van der Waals surface area contributed by atoms with Crippen molar-refractivity contribution in [3.8, 4) is 5.75 Å². The molecule has 0 aliphatic carbocycles. The van der Waals surface area contributed by atoms with Crippen molar-refractivity contribution in [3.63, 3.8) is 0 Å². The van der Waals surface area contributed by atoms with E-state index in [2.05, 4.69) is 5.16 Å². The first kappa shape index (κ1) is 19.7. The monoisotopic (exact) mass is 376 g/mol. The minimum absolute atomic E-state index is 0. The van der Waals surface area contributed by atoms with Crippen molar-refractivity contribution in [2.75, 3.05) is 14.2 Å². The van der Waals surface area contributed by atoms with E-state index in [0.29, 0.717) is 12.2 Å². The van der Waals surface area contributed by atoms with Crippen LogP contribution in [0.1, 0.15) is 16.7 Å². The van der Waals surface area contributed by atoms with Gasteiger partial charge in [-0.25, -0.2) is 4.79 Å². The van der Waals surface area contributed by atoms with E-state index in [1.807, 2.05) is 49.4 Å². The van der Waals surface area contributed by atoms with Gasteiger partial charge >= 0.3 is 5.97 Å². The summed E-state index contributed by atoms with van der Waals surface area (Å²) in [5.74, 6) is 0.237. The van der Waals surface area contributed by atoms with E-state index in [1.165, 1.54) is 14.2 Å². The molecular weight excluding hydrogens is 358 g/mol. The van der Waals surface area contributed by atoms with Crippen LogP contribution in [0.5, 0.6) is 5.75 Å². The van der Waals surface area contributed by atoms with Crippen molar-refractivity contribution in [2.24, 2.45) is 5.16 Å². The zero-order chi connectivity index (χ0) is 16.7. The molecule has 0 aromatic heterocycles. The van der Waals surface area contributed by atoms with Gasteiger partial charge in [0.2, 0.25) is 0 Å². The molecule has 5 nitrogen and oxygen atoms in total. The minimum atomic E-state index is -0.560. The zero-order valence-electron chi connectivity index (χ0n) is 13.7. The van der Waals surface area contributed by atoms with Gasteiger partial charge in [0.15, 0.2) is 5.71 Å². The van der Waals surface area contributed by atoms with Gasteiger partial charge in [-0.1, -0.05) is 47.6 Å². The number of oxime groups is 1. The largest absolute Gasteiger partial charge is 0.489 e. The Morgan fingerprint density at radius 1 is 1.04 bits per heavy atom. The number of aryl methyl sites for hydroxylation is 1. The molecule has 2 aromatic rings. The van der Waals surface area contributed by atoms with E-state index in [0.717, 1.165) is 16.9 Å². The number of hydrogen-bond acceptors (Lipinski definition) is 5. The predicted octanol–water partition coefficient (Wildman–Crippen LogP) is 3.10. The molecule has 0 aliphatic rings. The first-order valence-corrected chi connectivity index (χ1v) is 7.13. The second kappa shape index (κ2) is 9.75. The van der Waals surface area contributed by atoms with Crippen LogP contribution < -0.4 is 4.74 Å². The molecule has 0 saturated carbocycles. The number of para-hydroxylation sites is 1. The van der Waals surface area contributed by atoms with Crippen molar-refractivity contribution < 1.29 is 36.2 Å². The molecule has 0 spiro atoms. The third kappa shape index (κ3) is 4.85. The molecule has 2 rings (SSSR count). The van der Waals surface area contributed by atoms with Crippen molar-refractivity contribution in [1.29, 1.82) is 0 Å². The minimum Gasteiger partial charge on any atom is -0.489 e. The van der Waals surface area contributed by atoms with Crippen molar-refractivity contribution in [1.82, 2.24) is 0 Å². The summed E-state index contributed by atoms with van der Waals surface area (Å²) in [4.78, 5) is 16.7. The van der Waals surface area contributed by atoms with Crippen LogP contribution in [0, 0.1) is 6.92 Å². The normalized spacial score (nSPS) is 10.5. The molecule has 131 valence electrons. The SMILES string of the molecule is CO/N=C(/C(=O)OC)c1ccccc1COc1ccccc1C.[Cu]. The van der Waals surface area contributed by atoms with Crippen LogP contribution in [0.4, 0.5) is 0 Å². The Labute approximate surface area is 152 Å². The summed E-state index contributed by atoms with van der Waals surface area (Å²) in [5.41, 5.74) is 2.59. The average Bonchev–Trinajstić information content (AvgIpc) is 2.59. The van der Waals surface area contributed by atoms with Crippen LogP contribution in [-0.2, 0) is 38.0 Å². The van der Waals surface area contributed by atoms with E-state index in [9.17, 15) is 4.79 Å². The van der Waals surface area contributed by atoms with E-state index in [-0.39, 0.29) is 22.8 Å². The van der Waals surface area contributed by atoms with Crippen molar-refractivity contribution in [2.45, 2.75) is 13.5 Å². The van der Waals surface area contributed by atoms with Gasteiger partial charge in [-0.15, -0.1) is 0 Å². The first-order valence-electron chi connectivity index (χ1n) is 7.13. The Morgan fingerprint density at radius 2 is 1.71 bits per heavy atom. The summed E-state index contributed by atoms with van der Waals surface area (Å²) < 4.78 is 10.6. The van der Waals surface area contributed by atoms with Gasteiger partial charge in [0.1, 0.15) is 19.5 Å². The Hall–Kier alpha value is -2.30. The van der Waals surface area contributed by atoms with Crippen molar-refractivity contribution >= 4 is 11.7 Å². The summed E-state index contributed by atoms with van der Waals surface area (Å²) in [5, 5.41) is 3.78. The Balaban J connectivity index is 0.00000288. The Bertz CT molecular complexity index is 716. The van der Waals surface area contributed by atoms with Crippen molar-refractivity contribution in [3.05, 3.63) is 65.2 Å². The molecule has 0 fully saturated rings. The van der Waals surface area contributed by atoms with E-state index >= 15 is 0 Å². The molecule has 0 aliphatic heterocycles. The maximum atomic E-state index is 11.9. The van der Waals surface area contributed by atoms with Crippen LogP contribution in [-0.4, -0.2) is 25.9 Å². The van der Waals surface area contributed by atoms with Gasteiger partial charge in [-0.2, -0.15) is 0 Å². The third-order valence-corrected chi connectivity index (χ3v) is 3.31. The number of hydrogen-bond donors (Lipinski definition) is 0. The Kier molecular flexibility index (Phi) is 8.02. The van der Waals surface area contributed by atoms with Gasteiger partial charge in [-0.3, -0.25) is 0 Å². The maximum Gasteiger partial charge on any atom is 0.360 e. The number of esters is 1. The first-order chi connectivity index (χ1) is 11.2. The Morgan fingerprint density at radius 3 is 2.38 bits per heavy atom.